The summed E-state index contributed by atoms with van der Waals surface area (Å²) in [5.74, 6) is 0. The summed E-state index contributed by atoms with van der Waals surface area (Å²) < 4.78 is 2.15. The van der Waals surface area contributed by atoms with E-state index in [0.717, 1.165) is 38.4 Å². The molecule has 0 N–H and O–H groups in total. The van der Waals surface area contributed by atoms with E-state index in [2.05, 4.69) is 69.7 Å². The standard InChI is InChI=1S/C22H25ClN4/c1-17-6-3-8-20(18(17)2)26-14-12-25(13-15-26)16-19-7-5-11-27(19)21-9-4-10-24-22(21)23/h3-11H,12-16H2,1-2H3. The minimum atomic E-state index is 0.537. The molecule has 140 valence electrons. The summed E-state index contributed by atoms with van der Waals surface area (Å²) in [6.07, 6.45) is 3.78. The van der Waals surface area contributed by atoms with Crippen molar-refractivity contribution in [1.82, 2.24) is 14.5 Å². The summed E-state index contributed by atoms with van der Waals surface area (Å²) in [7, 11) is 0. The molecule has 1 aliphatic rings. The Kier molecular flexibility index (Phi) is 5.19. The molecule has 1 aliphatic heterocycles. The van der Waals surface area contributed by atoms with Crippen LogP contribution in [0.4, 0.5) is 5.69 Å². The van der Waals surface area contributed by atoms with Crippen molar-refractivity contribution in [3.8, 4) is 5.69 Å². The SMILES string of the molecule is Cc1cccc(N2CCN(Cc3cccn3-c3cccnc3Cl)CC2)c1C. The summed E-state index contributed by atoms with van der Waals surface area (Å²) in [5.41, 5.74) is 6.31. The number of anilines is 1. The Bertz CT molecular complexity index is 926. The first-order chi connectivity index (χ1) is 13.1. The number of benzene rings is 1. The van der Waals surface area contributed by atoms with Gasteiger partial charge in [0.05, 0.1) is 5.69 Å². The van der Waals surface area contributed by atoms with Crippen molar-refractivity contribution in [3.05, 3.63) is 76.8 Å². The maximum atomic E-state index is 6.29. The molecule has 0 bridgehead atoms. The van der Waals surface area contributed by atoms with Gasteiger partial charge in [-0.1, -0.05) is 23.7 Å². The molecule has 0 atom stereocenters. The smallest absolute Gasteiger partial charge is 0.152 e. The topological polar surface area (TPSA) is 24.3 Å². The van der Waals surface area contributed by atoms with Crippen LogP contribution in [0.25, 0.3) is 5.69 Å². The maximum absolute atomic E-state index is 6.29. The zero-order valence-corrected chi connectivity index (χ0v) is 16.7. The Balaban J connectivity index is 1.44. The van der Waals surface area contributed by atoms with Gasteiger partial charge in [0, 0.05) is 56.5 Å². The van der Waals surface area contributed by atoms with E-state index in [9.17, 15) is 0 Å². The van der Waals surface area contributed by atoms with E-state index in [0.29, 0.717) is 5.15 Å². The second-order valence-corrected chi connectivity index (χ2v) is 7.52. The molecular formula is C22H25ClN4. The van der Waals surface area contributed by atoms with Gasteiger partial charge in [-0.25, -0.2) is 4.98 Å². The molecule has 0 unspecified atom stereocenters. The number of halogens is 1. The quantitative estimate of drug-likeness (QED) is 0.624. The molecule has 1 aromatic carbocycles. The molecule has 1 saturated heterocycles. The highest BCUT2D eigenvalue weighted by Crippen LogP contribution is 2.25. The van der Waals surface area contributed by atoms with E-state index < -0.39 is 0 Å². The van der Waals surface area contributed by atoms with Crippen LogP contribution in [0.15, 0.2) is 54.9 Å². The Hall–Kier alpha value is -2.30. The molecular weight excluding hydrogens is 356 g/mol. The predicted octanol–water partition coefficient (Wildman–Crippen LogP) is 4.46. The van der Waals surface area contributed by atoms with E-state index in [4.69, 9.17) is 11.6 Å². The van der Waals surface area contributed by atoms with Crippen LogP contribution in [0.5, 0.6) is 0 Å². The molecule has 0 aliphatic carbocycles. The van der Waals surface area contributed by atoms with Crippen LogP contribution in [0.1, 0.15) is 16.8 Å². The first-order valence-electron chi connectivity index (χ1n) is 9.44. The van der Waals surface area contributed by atoms with Crippen molar-refractivity contribution >= 4 is 17.3 Å². The summed E-state index contributed by atoms with van der Waals surface area (Å²) in [4.78, 5) is 9.23. The lowest BCUT2D eigenvalue weighted by Gasteiger charge is -2.37. The second kappa shape index (κ2) is 7.75. The van der Waals surface area contributed by atoms with Gasteiger partial charge >= 0.3 is 0 Å². The highest BCUT2D eigenvalue weighted by Gasteiger charge is 2.20. The fourth-order valence-electron chi connectivity index (χ4n) is 3.79. The third kappa shape index (κ3) is 3.73. The van der Waals surface area contributed by atoms with Crippen molar-refractivity contribution in [2.45, 2.75) is 20.4 Å². The molecule has 27 heavy (non-hydrogen) atoms. The van der Waals surface area contributed by atoms with Crippen molar-refractivity contribution in [2.75, 3.05) is 31.1 Å². The number of aromatic nitrogens is 2. The van der Waals surface area contributed by atoms with Gasteiger partial charge in [-0.15, -0.1) is 0 Å². The summed E-state index contributed by atoms with van der Waals surface area (Å²) >= 11 is 6.29. The summed E-state index contributed by atoms with van der Waals surface area (Å²) in [6.45, 7) is 9.54. The lowest BCUT2D eigenvalue weighted by molar-refractivity contribution is 0.246. The van der Waals surface area contributed by atoms with Gasteiger partial charge in [0.1, 0.15) is 0 Å². The number of pyridine rings is 1. The Morgan fingerprint density at radius 3 is 2.48 bits per heavy atom. The number of hydrogen-bond donors (Lipinski definition) is 0. The minimum Gasteiger partial charge on any atom is -0.369 e. The van der Waals surface area contributed by atoms with Crippen LogP contribution >= 0.6 is 11.6 Å². The van der Waals surface area contributed by atoms with Gasteiger partial charge in [0.15, 0.2) is 5.15 Å². The number of hydrogen-bond acceptors (Lipinski definition) is 3. The first-order valence-corrected chi connectivity index (χ1v) is 9.82. The molecule has 0 amide bonds. The Morgan fingerprint density at radius 1 is 0.926 bits per heavy atom. The molecule has 3 aromatic rings. The zero-order valence-electron chi connectivity index (χ0n) is 15.9. The van der Waals surface area contributed by atoms with Gasteiger partial charge in [-0.3, -0.25) is 4.90 Å². The molecule has 1 fully saturated rings. The number of aryl methyl sites for hydroxylation is 1. The summed E-state index contributed by atoms with van der Waals surface area (Å²) in [5, 5.41) is 0.537. The van der Waals surface area contributed by atoms with Crippen LogP contribution < -0.4 is 4.90 Å². The molecule has 0 spiro atoms. The van der Waals surface area contributed by atoms with E-state index >= 15 is 0 Å². The fourth-order valence-corrected chi connectivity index (χ4v) is 4.00. The monoisotopic (exact) mass is 380 g/mol. The third-order valence-corrected chi connectivity index (χ3v) is 5.80. The van der Waals surface area contributed by atoms with Crippen LogP contribution in [0.3, 0.4) is 0 Å². The molecule has 0 saturated carbocycles. The van der Waals surface area contributed by atoms with E-state index in [1.54, 1.807) is 6.20 Å². The number of nitrogens with zero attached hydrogens (tertiary/aromatic N) is 4. The average Bonchev–Trinajstić information content (AvgIpc) is 3.13. The normalized spacial score (nSPS) is 15.3. The highest BCUT2D eigenvalue weighted by atomic mass is 35.5. The van der Waals surface area contributed by atoms with Crippen LogP contribution in [-0.2, 0) is 6.54 Å². The van der Waals surface area contributed by atoms with Gasteiger partial charge in [0.2, 0.25) is 0 Å². The fraction of sp³-hybridized carbons (Fsp3) is 0.318. The molecule has 0 radical (unpaired) electrons. The van der Waals surface area contributed by atoms with Crippen LogP contribution in [0, 0.1) is 13.8 Å². The molecule has 3 heterocycles. The zero-order chi connectivity index (χ0) is 18.8. The van der Waals surface area contributed by atoms with E-state index in [1.165, 1.54) is 22.5 Å². The molecule has 4 nitrogen and oxygen atoms in total. The molecule has 4 rings (SSSR count). The van der Waals surface area contributed by atoms with Gasteiger partial charge in [-0.05, 0) is 55.3 Å². The van der Waals surface area contributed by atoms with E-state index in [1.807, 2.05) is 12.1 Å². The lowest BCUT2D eigenvalue weighted by Crippen LogP contribution is -2.46. The van der Waals surface area contributed by atoms with Crippen molar-refractivity contribution < 1.29 is 0 Å². The van der Waals surface area contributed by atoms with Crippen LogP contribution in [0.2, 0.25) is 5.15 Å². The molecule has 5 heteroatoms. The van der Waals surface area contributed by atoms with Crippen LogP contribution in [-0.4, -0.2) is 40.6 Å². The number of piperazine rings is 1. The minimum absolute atomic E-state index is 0.537. The Morgan fingerprint density at radius 2 is 1.70 bits per heavy atom. The van der Waals surface area contributed by atoms with Crippen molar-refractivity contribution in [2.24, 2.45) is 0 Å². The Labute approximate surface area is 166 Å². The van der Waals surface area contributed by atoms with Gasteiger partial charge in [0.25, 0.3) is 0 Å². The third-order valence-electron chi connectivity index (χ3n) is 5.51. The lowest BCUT2D eigenvalue weighted by atomic mass is 10.1. The first kappa shape index (κ1) is 18.1. The second-order valence-electron chi connectivity index (χ2n) is 7.17. The summed E-state index contributed by atoms with van der Waals surface area (Å²) in [6, 6.07) is 14.8. The number of rotatable bonds is 4. The van der Waals surface area contributed by atoms with Crippen molar-refractivity contribution in [3.63, 3.8) is 0 Å². The van der Waals surface area contributed by atoms with Crippen molar-refractivity contribution in [1.29, 1.82) is 0 Å². The highest BCUT2D eigenvalue weighted by molar-refractivity contribution is 6.31. The maximum Gasteiger partial charge on any atom is 0.152 e. The largest absolute Gasteiger partial charge is 0.369 e. The predicted molar refractivity (Wildman–Crippen MR) is 112 cm³/mol. The van der Waals surface area contributed by atoms with Gasteiger partial charge < -0.3 is 9.47 Å². The van der Waals surface area contributed by atoms with E-state index in [-0.39, 0.29) is 0 Å². The average molecular weight is 381 g/mol. The molecule has 2 aromatic heterocycles. The van der Waals surface area contributed by atoms with Gasteiger partial charge in [-0.2, -0.15) is 0 Å².